The molecule has 0 unspecified atom stereocenters. The fraction of sp³-hybridized carbons (Fsp3) is 0.455. The third-order valence-corrected chi connectivity index (χ3v) is 2.64. The highest BCUT2D eigenvalue weighted by molar-refractivity contribution is 5.54. The van der Waals surface area contributed by atoms with Crippen molar-refractivity contribution in [2.75, 3.05) is 5.73 Å². The predicted octanol–water partition coefficient (Wildman–Crippen LogP) is 2.65. The van der Waals surface area contributed by atoms with Crippen LogP contribution >= 0.6 is 0 Å². The van der Waals surface area contributed by atoms with Crippen LogP contribution in [0.1, 0.15) is 24.8 Å². The molecule has 76 valence electrons. The average Bonchev–Trinajstić information content (AvgIpc) is 2.06. The molecule has 2 rings (SSSR count). The van der Waals surface area contributed by atoms with Gasteiger partial charge in [-0.3, -0.25) is 0 Å². The SMILES string of the molecule is Cc1cc(OC2CCC2)c(N)cc1F. The van der Waals surface area contributed by atoms with Gasteiger partial charge in [0.25, 0.3) is 0 Å². The van der Waals surface area contributed by atoms with Crippen molar-refractivity contribution in [2.24, 2.45) is 0 Å². The molecule has 1 aromatic carbocycles. The molecule has 0 spiro atoms. The number of hydrogen-bond acceptors (Lipinski definition) is 2. The minimum atomic E-state index is -0.275. The maximum Gasteiger partial charge on any atom is 0.143 e. The zero-order valence-electron chi connectivity index (χ0n) is 8.22. The molecule has 3 heteroatoms. The summed E-state index contributed by atoms with van der Waals surface area (Å²) in [4.78, 5) is 0. The lowest BCUT2D eigenvalue weighted by Crippen LogP contribution is -2.25. The fourth-order valence-electron chi connectivity index (χ4n) is 1.44. The van der Waals surface area contributed by atoms with E-state index in [1.54, 1.807) is 13.0 Å². The van der Waals surface area contributed by atoms with Gasteiger partial charge in [0.05, 0.1) is 11.8 Å². The van der Waals surface area contributed by atoms with Gasteiger partial charge in [0.1, 0.15) is 11.6 Å². The Bertz CT molecular complexity index is 347. The first-order valence-corrected chi connectivity index (χ1v) is 4.89. The topological polar surface area (TPSA) is 35.2 Å². The molecule has 0 amide bonds. The first-order chi connectivity index (χ1) is 6.66. The van der Waals surface area contributed by atoms with Crippen molar-refractivity contribution in [3.8, 4) is 5.75 Å². The van der Waals surface area contributed by atoms with Gasteiger partial charge in [-0.2, -0.15) is 0 Å². The molecule has 1 aliphatic rings. The number of nitrogen functional groups attached to an aromatic ring is 1. The summed E-state index contributed by atoms with van der Waals surface area (Å²) in [5.74, 6) is 0.344. The summed E-state index contributed by atoms with van der Waals surface area (Å²) in [6, 6.07) is 2.99. The van der Waals surface area contributed by atoms with Crippen LogP contribution in [0, 0.1) is 12.7 Å². The summed E-state index contributed by atoms with van der Waals surface area (Å²) in [6.45, 7) is 1.71. The molecule has 0 bridgehead atoms. The Kier molecular flexibility index (Phi) is 2.32. The van der Waals surface area contributed by atoms with Crippen LogP contribution in [0.4, 0.5) is 10.1 Å². The van der Waals surface area contributed by atoms with Crippen LogP contribution in [0.15, 0.2) is 12.1 Å². The van der Waals surface area contributed by atoms with Gasteiger partial charge in [-0.1, -0.05) is 0 Å². The summed E-state index contributed by atoms with van der Waals surface area (Å²) in [5.41, 5.74) is 6.62. The third kappa shape index (κ3) is 1.67. The molecule has 2 nitrogen and oxygen atoms in total. The van der Waals surface area contributed by atoms with Crippen molar-refractivity contribution < 1.29 is 9.13 Å². The Morgan fingerprint density at radius 3 is 2.71 bits per heavy atom. The number of ether oxygens (including phenoxy) is 1. The number of rotatable bonds is 2. The molecule has 2 N–H and O–H groups in total. The second-order valence-electron chi connectivity index (χ2n) is 3.81. The van der Waals surface area contributed by atoms with Crippen LogP contribution in [-0.2, 0) is 0 Å². The molecule has 1 aromatic rings. The van der Waals surface area contributed by atoms with Crippen LogP contribution in [0.5, 0.6) is 5.75 Å². The van der Waals surface area contributed by atoms with Gasteiger partial charge in [0.15, 0.2) is 0 Å². The van der Waals surface area contributed by atoms with Crippen LogP contribution in [0.3, 0.4) is 0 Å². The molecule has 1 fully saturated rings. The number of aryl methyl sites for hydroxylation is 1. The first kappa shape index (κ1) is 9.31. The number of hydrogen-bond donors (Lipinski definition) is 1. The predicted molar refractivity (Wildman–Crippen MR) is 53.8 cm³/mol. The van der Waals surface area contributed by atoms with E-state index in [2.05, 4.69) is 0 Å². The molecule has 14 heavy (non-hydrogen) atoms. The molecule has 1 aliphatic carbocycles. The van der Waals surface area contributed by atoms with E-state index >= 15 is 0 Å². The van der Waals surface area contributed by atoms with Gasteiger partial charge in [0.2, 0.25) is 0 Å². The quantitative estimate of drug-likeness (QED) is 0.736. The number of nitrogens with two attached hydrogens (primary N) is 1. The van der Waals surface area contributed by atoms with Gasteiger partial charge in [0, 0.05) is 6.07 Å². The van der Waals surface area contributed by atoms with Gasteiger partial charge in [-0.05, 0) is 37.8 Å². The molecule has 0 radical (unpaired) electrons. The highest BCUT2D eigenvalue weighted by Crippen LogP contribution is 2.30. The number of anilines is 1. The third-order valence-electron chi connectivity index (χ3n) is 2.64. The van der Waals surface area contributed by atoms with Crippen molar-refractivity contribution in [3.05, 3.63) is 23.5 Å². The van der Waals surface area contributed by atoms with Crippen molar-refractivity contribution in [2.45, 2.75) is 32.3 Å². The summed E-state index contributed by atoms with van der Waals surface area (Å²) in [7, 11) is 0. The van der Waals surface area contributed by atoms with Crippen molar-refractivity contribution in [1.82, 2.24) is 0 Å². The fourth-order valence-corrected chi connectivity index (χ4v) is 1.44. The normalized spacial score (nSPS) is 16.4. The van der Waals surface area contributed by atoms with Crippen LogP contribution in [-0.4, -0.2) is 6.10 Å². The zero-order valence-corrected chi connectivity index (χ0v) is 8.22. The number of benzene rings is 1. The Balaban J connectivity index is 2.19. The van der Waals surface area contributed by atoms with Gasteiger partial charge in [-0.15, -0.1) is 0 Å². The van der Waals surface area contributed by atoms with E-state index in [9.17, 15) is 4.39 Å². The summed E-state index contributed by atoms with van der Waals surface area (Å²) >= 11 is 0. The molecule has 0 aliphatic heterocycles. The Labute approximate surface area is 82.9 Å². The molecule has 0 aromatic heterocycles. The van der Waals surface area contributed by atoms with E-state index in [4.69, 9.17) is 10.5 Å². The minimum Gasteiger partial charge on any atom is -0.488 e. The zero-order chi connectivity index (χ0) is 10.1. The van der Waals surface area contributed by atoms with E-state index in [1.165, 1.54) is 12.5 Å². The summed E-state index contributed by atoms with van der Waals surface area (Å²) < 4.78 is 18.7. The first-order valence-electron chi connectivity index (χ1n) is 4.89. The Morgan fingerprint density at radius 2 is 2.14 bits per heavy atom. The largest absolute Gasteiger partial charge is 0.488 e. The lowest BCUT2D eigenvalue weighted by atomic mass is 9.96. The highest BCUT2D eigenvalue weighted by atomic mass is 19.1. The molecular weight excluding hydrogens is 181 g/mol. The van der Waals surface area contributed by atoms with Crippen LogP contribution in [0.25, 0.3) is 0 Å². The Morgan fingerprint density at radius 1 is 1.43 bits per heavy atom. The van der Waals surface area contributed by atoms with E-state index < -0.39 is 0 Å². The molecule has 1 saturated carbocycles. The van der Waals surface area contributed by atoms with Gasteiger partial charge in [-0.25, -0.2) is 4.39 Å². The van der Waals surface area contributed by atoms with Crippen LogP contribution < -0.4 is 10.5 Å². The second-order valence-corrected chi connectivity index (χ2v) is 3.81. The summed E-state index contributed by atoms with van der Waals surface area (Å²) in [6.07, 6.45) is 3.65. The summed E-state index contributed by atoms with van der Waals surface area (Å²) in [5, 5.41) is 0. The molecule has 0 heterocycles. The van der Waals surface area contributed by atoms with Crippen molar-refractivity contribution >= 4 is 5.69 Å². The van der Waals surface area contributed by atoms with Gasteiger partial charge < -0.3 is 10.5 Å². The van der Waals surface area contributed by atoms with Crippen molar-refractivity contribution in [3.63, 3.8) is 0 Å². The highest BCUT2D eigenvalue weighted by Gasteiger charge is 2.20. The molecular formula is C11H14FNO. The number of halogens is 1. The van der Waals surface area contributed by atoms with Crippen LogP contribution in [0.2, 0.25) is 0 Å². The van der Waals surface area contributed by atoms with E-state index in [1.807, 2.05) is 0 Å². The second kappa shape index (κ2) is 3.48. The maximum absolute atomic E-state index is 13.1. The van der Waals surface area contributed by atoms with E-state index in [0.717, 1.165) is 12.8 Å². The standard InChI is InChI=1S/C11H14FNO/c1-7-5-11(10(13)6-9(7)12)14-8-3-2-4-8/h5-6,8H,2-4,13H2,1H3. The maximum atomic E-state index is 13.1. The average molecular weight is 195 g/mol. The monoisotopic (exact) mass is 195 g/mol. The van der Waals surface area contributed by atoms with Gasteiger partial charge >= 0.3 is 0 Å². The minimum absolute atomic E-state index is 0.275. The molecule has 0 saturated heterocycles. The lowest BCUT2D eigenvalue weighted by molar-refractivity contribution is 0.121. The smallest absolute Gasteiger partial charge is 0.143 e. The van der Waals surface area contributed by atoms with Crippen molar-refractivity contribution in [1.29, 1.82) is 0 Å². The van der Waals surface area contributed by atoms with E-state index in [0.29, 0.717) is 17.0 Å². The lowest BCUT2D eigenvalue weighted by Gasteiger charge is -2.27. The molecule has 0 atom stereocenters. The Hall–Kier alpha value is -1.25. The van der Waals surface area contributed by atoms with E-state index in [-0.39, 0.29) is 11.9 Å².